The van der Waals surface area contributed by atoms with Gasteiger partial charge in [0.15, 0.2) is 5.75 Å². The molecule has 0 N–H and O–H groups in total. The first-order valence-corrected chi connectivity index (χ1v) is 23.4. The smallest absolute Gasteiger partial charge is 0.264 e. The average Bonchev–Trinajstić information content (AvgIpc) is 3.77. The topological polar surface area (TPSA) is 15.7 Å². The summed E-state index contributed by atoms with van der Waals surface area (Å²) in [7, 11) is 0. The van der Waals surface area contributed by atoms with Gasteiger partial charge in [0.2, 0.25) is 0 Å². The summed E-state index contributed by atoms with van der Waals surface area (Å²) in [6, 6.07) is 31.6. The molecular weight excluding hydrogens is 760 g/mol. The lowest BCUT2D eigenvalue weighted by Gasteiger charge is -2.44. The number of hydrogen-bond acceptors (Lipinski definition) is 4. The maximum Gasteiger partial charge on any atom is 0.264 e. The zero-order valence-electron chi connectivity index (χ0n) is 38.2. The third-order valence-corrected chi connectivity index (χ3v) is 16.1. The van der Waals surface area contributed by atoms with E-state index in [0.29, 0.717) is 0 Å². The van der Waals surface area contributed by atoms with Crippen LogP contribution in [0.2, 0.25) is 0 Å². The second-order valence-corrected chi connectivity index (χ2v) is 23.2. The standard InChI is InChI=1S/C56H59BN2OS/c1-32-27-44-48-45(28-32)59(43-24-19-35(29-33(43)2)54(6,7)8)50-42(23-22-38-37-15-13-14-16-46(37)60-51(38)50)57(48)52-49(58(44)36-20-17-34(18-21-36)53(3,4)5)39-30-40-41(31-47(39)61-52)56(11,12)26-25-55(40,9)10/h13-15,17-24,27-31,46H,16,25-26H2,1-12H3. The molecule has 0 saturated carbocycles. The predicted molar refractivity (Wildman–Crippen MR) is 264 cm³/mol. The molecule has 308 valence electrons. The number of anilines is 6. The lowest BCUT2D eigenvalue weighted by atomic mass is 9.36. The molecular formula is C56H59BN2OS. The molecule has 5 aromatic carbocycles. The molecule has 0 radical (unpaired) electrons. The van der Waals surface area contributed by atoms with Gasteiger partial charge in [-0.3, -0.25) is 0 Å². The fourth-order valence-corrected chi connectivity index (χ4v) is 12.5. The van der Waals surface area contributed by atoms with Crippen LogP contribution in [0, 0.1) is 13.8 Å². The van der Waals surface area contributed by atoms with Crippen molar-refractivity contribution >= 4 is 83.5 Å². The van der Waals surface area contributed by atoms with Crippen molar-refractivity contribution in [3.63, 3.8) is 0 Å². The molecule has 0 spiro atoms. The first-order valence-electron chi connectivity index (χ1n) is 22.6. The molecule has 3 aliphatic heterocycles. The van der Waals surface area contributed by atoms with Crippen LogP contribution < -0.4 is 30.2 Å². The Morgan fingerprint density at radius 3 is 2.03 bits per heavy atom. The van der Waals surface area contributed by atoms with E-state index in [4.69, 9.17) is 4.74 Å². The predicted octanol–water partition coefficient (Wildman–Crippen LogP) is 13.6. The van der Waals surface area contributed by atoms with Crippen LogP contribution in [0.5, 0.6) is 5.75 Å². The molecule has 0 fully saturated rings. The molecule has 6 aromatic rings. The maximum absolute atomic E-state index is 7.19. The van der Waals surface area contributed by atoms with Crippen molar-refractivity contribution < 1.29 is 4.74 Å². The number of allylic oxidation sites excluding steroid dienone is 2. The summed E-state index contributed by atoms with van der Waals surface area (Å²) in [5, 5.41) is 1.37. The molecule has 1 atom stereocenters. The van der Waals surface area contributed by atoms with Crippen LogP contribution in [0.15, 0.2) is 97.1 Å². The van der Waals surface area contributed by atoms with E-state index < -0.39 is 0 Å². The van der Waals surface area contributed by atoms with E-state index in [2.05, 4.69) is 190 Å². The summed E-state index contributed by atoms with van der Waals surface area (Å²) in [6.45, 7) is 28.3. The average molecular weight is 819 g/mol. The number of fused-ring (bicyclic) bond motifs is 11. The molecule has 3 nitrogen and oxygen atoms in total. The molecule has 0 bridgehead atoms. The van der Waals surface area contributed by atoms with Gasteiger partial charge in [0.25, 0.3) is 6.71 Å². The van der Waals surface area contributed by atoms with Gasteiger partial charge < -0.3 is 14.5 Å². The molecule has 11 rings (SSSR count). The molecule has 0 amide bonds. The van der Waals surface area contributed by atoms with Crippen LogP contribution in [0.25, 0.3) is 15.7 Å². The number of ether oxygens (including phenoxy) is 1. The fourth-order valence-electron chi connectivity index (χ4n) is 11.2. The molecule has 0 saturated heterocycles. The Morgan fingerprint density at radius 1 is 0.705 bits per heavy atom. The first kappa shape index (κ1) is 38.9. The van der Waals surface area contributed by atoms with E-state index in [1.165, 1.54) is 117 Å². The molecule has 5 aliphatic rings. The van der Waals surface area contributed by atoms with E-state index in [1.807, 2.05) is 11.3 Å². The van der Waals surface area contributed by atoms with Gasteiger partial charge in [-0.15, -0.1) is 11.3 Å². The number of rotatable bonds is 2. The van der Waals surface area contributed by atoms with Gasteiger partial charge in [0.1, 0.15) is 6.10 Å². The Bertz CT molecular complexity index is 2930. The van der Waals surface area contributed by atoms with E-state index in [1.54, 1.807) is 0 Å². The van der Waals surface area contributed by atoms with Crippen LogP contribution in [0.4, 0.5) is 34.1 Å². The molecule has 1 aromatic heterocycles. The number of hydrogen-bond donors (Lipinski definition) is 0. The summed E-state index contributed by atoms with van der Waals surface area (Å²) in [5.41, 5.74) is 21.2. The number of thiophene rings is 1. The minimum atomic E-state index is 0.0306. The number of benzene rings is 5. The van der Waals surface area contributed by atoms with Crippen LogP contribution in [0.1, 0.15) is 127 Å². The van der Waals surface area contributed by atoms with Gasteiger partial charge in [-0.05, 0) is 135 Å². The van der Waals surface area contributed by atoms with Crippen molar-refractivity contribution in [3.05, 3.63) is 136 Å². The van der Waals surface area contributed by atoms with Crippen molar-refractivity contribution in [2.75, 3.05) is 9.80 Å². The van der Waals surface area contributed by atoms with Crippen molar-refractivity contribution in [2.45, 2.75) is 130 Å². The second kappa shape index (κ2) is 12.8. The van der Waals surface area contributed by atoms with Crippen LogP contribution >= 0.6 is 11.3 Å². The highest BCUT2D eigenvalue weighted by Gasteiger charge is 2.49. The number of nitrogens with zero attached hydrogens (tertiary/aromatic N) is 2. The zero-order valence-corrected chi connectivity index (χ0v) is 39.0. The Balaban J connectivity index is 1.25. The molecule has 5 heteroatoms. The fraction of sp³-hybridized carbons (Fsp3) is 0.357. The highest BCUT2D eigenvalue weighted by atomic mass is 32.1. The largest absolute Gasteiger partial charge is 0.483 e. The van der Waals surface area contributed by atoms with Gasteiger partial charge in [0, 0.05) is 55.2 Å². The van der Waals surface area contributed by atoms with Gasteiger partial charge in [0.05, 0.1) is 11.4 Å². The molecule has 2 aliphatic carbocycles. The van der Waals surface area contributed by atoms with Crippen molar-refractivity contribution in [1.29, 1.82) is 0 Å². The summed E-state index contributed by atoms with van der Waals surface area (Å²) in [5.74, 6) is 1.02. The first-order chi connectivity index (χ1) is 28.8. The highest BCUT2D eigenvalue weighted by Crippen LogP contribution is 2.55. The Hall–Kier alpha value is -5.00. The Labute approximate surface area is 368 Å². The second-order valence-electron chi connectivity index (χ2n) is 22.1. The van der Waals surface area contributed by atoms with E-state index >= 15 is 0 Å². The lowest BCUT2D eigenvalue weighted by Crippen LogP contribution is -2.60. The Kier molecular flexibility index (Phi) is 8.15. The summed E-state index contributed by atoms with van der Waals surface area (Å²) in [6.07, 6.45) is 10.0. The van der Waals surface area contributed by atoms with E-state index in [9.17, 15) is 0 Å². The zero-order chi connectivity index (χ0) is 42.7. The molecule has 61 heavy (non-hydrogen) atoms. The van der Waals surface area contributed by atoms with Gasteiger partial charge >= 0.3 is 0 Å². The normalized spacial score (nSPS) is 19.1. The minimum Gasteiger partial charge on any atom is -0.483 e. The lowest BCUT2D eigenvalue weighted by molar-refractivity contribution is 0.280. The SMILES string of the molecule is Cc1cc2c3c(c1)N(c1ccc(C(C)(C)C)cc1)c1c(sc4cc5c(cc14)C(C)(C)CCC5(C)C)B3c1ccc3c(c1N2c1ccc(C(C)(C)C)cc1C)OC1CC=CC=C31. The van der Waals surface area contributed by atoms with E-state index in [0.717, 1.165) is 12.2 Å². The molecule has 1 unspecified atom stereocenters. The third kappa shape index (κ3) is 5.68. The molecule has 4 heterocycles. The number of aryl methyl sites for hydroxylation is 2. The van der Waals surface area contributed by atoms with Gasteiger partial charge in [-0.1, -0.05) is 124 Å². The Morgan fingerprint density at radius 2 is 1.36 bits per heavy atom. The quantitative estimate of drug-likeness (QED) is 0.162. The maximum atomic E-state index is 7.19. The summed E-state index contributed by atoms with van der Waals surface area (Å²) < 4.78 is 9.99. The van der Waals surface area contributed by atoms with Crippen LogP contribution in [-0.2, 0) is 21.7 Å². The third-order valence-electron chi connectivity index (χ3n) is 14.9. The van der Waals surface area contributed by atoms with Gasteiger partial charge in [-0.2, -0.15) is 0 Å². The van der Waals surface area contributed by atoms with Gasteiger partial charge in [-0.25, -0.2) is 0 Å². The van der Waals surface area contributed by atoms with E-state index in [-0.39, 0.29) is 34.5 Å². The summed E-state index contributed by atoms with van der Waals surface area (Å²) >= 11 is 2.02. The minimum absolute atomic E-state index is 0.0306. The highest BCUT2D eigenvalue weighted by molar-refractivity contribution is 7.33. The summed E-state index contributed by atoms with van der Waals surface area (Å²) in [4.78, 5) is 5.23. The van der Waals surface area contributed by atoms with Crippen LogP contribution in [-0.4, -0.2) is 12.8 Å². The van der Waals surface area contributed by atoms with Crippen molar-refractivity contribution in [1.82, 2.24) is 0 Å². The van der Waals surface area contributed by atoms with Crippen LogP contribution in [0.3, 0.4) is 0 Å². The van der Waals surface area contributed by atoms with Crippen molar-refractivity contribution in [2.24, 2.45) is 0 Å². The van der Waals surface area contributed by atoms with Crippen molar-refractivity contribution in [3.8, 4) is 5.75 Å². The monoisotopic (exact) mass is 818 g/mol.